The van der Waals surface area contributed by atoms with Gasteiger partial charge >= 0.3 is 0 Å². The van der Waals surface area contributed by atoms with Crippen molar-refractivity contribution < 1.29 is 14.0 Å². The summed E-state index contributed by atoms with van der Waals surface area (Å²) in [5, 5.41) is 0. The van der Waals surface area contributed by atoms with Crippen molar-refractivity contribution in [3.63, 3.8) is 0 Å². The Labute approximate surface area is 133 Å². The van der Waals surface area contributed by atoms with Gasteiger partial charge in [-0.1, -0.05) is 12.1 Å². The molecule has 0 saturated carbocycles. The molecule has 23 heavy (non-hydrogen) atoms. The van der Waals surface area contributed by atoms with E-state index in [4.69, 9.17) is 0 Å². The fourth-order valence-electron chi connectivity index (χ4n) is 2.90. The zero-order valence-corrected chi connectivity index (χ0v) is 13.0. The van der Waals surface area contributed by atoms with E-state index >= 15 is 0 Å². The number of aromatic amines is 1. The smallest absolute Gasteiger partial charge is 0.256 e. The number of aromatic nitrogens is 1. The van der Waals surface area contributed by atoms with Gasteiger partial charge in [0.05, 0.1) is 5.56 Å². The number of H-pyrrole nitrogens is 1. The van der Waals surface area contributed by atoms with Crippen molar-refractivity contribution in [3.8, 4) is 11.1 Å². The number of hydrogen-bond donors (Lipinski definition) is 1. The number of rotatable bonds is 3. The molecule has 0 aliphatic carbocycles. The van der Waals surface area contributed by atoms with Gasteiger partial charge in [0.25, 0.3) is 5.91 Å². The van der Waals surface area contributed by atoms with Crippen LogP contribution in [0.25, 0.3) is 11.1 Å². The Hall–Kier alpha value is -2.63. The normalized spacial score (nSPS) is 17.6. The molecule has 1 atom stereocenters. The predicted molar refractivity (Wildman–Crippen MR) is 84.3 cm³/mol. The molecule has 1 aliphatic heterocycles. The number of nitrogens with zero attached hydrogens (tertiary/aromatic N) is 2. The van der Waals surface area contributed by atoms with Crippen molar-refractivity contribution in [2.75, 3.05) is 20.6 Å². The zero-order valence-electron chi connectivity index (χ0n) is 13.0. The highest BCUT2D eigenvalue weighted by molar-refractivity contribution is 6.02. The minimum Gasteiger partial charge on any atom is -0.366 e. The maximum atomic E-state index is 13.1. The summed E-state index contributed by atoms with van der Waals surface area (Å²) in [5.41, 5.74) is 1.92. The highest BCUT2D eigenvalue weighted by Crippen LogP contribution is 2.26. The van der Waals surface area contributed by atoms with Crippen molar-refractivity contribution in [1.82, 2.24) is 14.8 Å². The Balaban J connectivity index is 1.88. The number of amides is 2. The van der Waals surface area contributed by atoms with Crippen LogP contribution in [-0.2, 0) is 4.79 Å². The molecule has 0 unspecified atom stereocenters. The van der Waals surface area contributed by atoms with E-state index in [2.05, 4.69) is 4.98 Å². The summed E-state index contributed by atoms with van der Waals surface area (Å²) < 4.78 is 13.1. The van der Waals surface area contributed by atoms with Gasteiger partial charge in [0.15, 0.2) is 0 Å². The number of carbonyl (C=O) groups excluding carboxylic acids is 2. The molecule has 1 fully saturated rings. The molecule has 1 saturated heterocycles. The summed E-state index contributed by atoms with van der Waals surface area (Å²) in [5.74, 6) is -0.590. The average Bonchev–Trinajstić information content (AvgIpc) is 3.15. The summed E-state index contributed by atoms with van der Waals surface area (Å²) >= 11 is 0. The Kier molecular flexibility index (Phi) is 3.90. The van der Waals surface area contributed by atoms with Crippen LogP contribution in [0.1, 0.15) is 16.8 Å². The lowest BCUT2D eigenvalue weighted by molar-refractivity contribution is -0.130. The van der Waals surface area contributed by atoms with Gasteiger partial charge in [-0.3, -0.25) is 9.59 Å². The molecule has 120 valence electrons. The largest absolute Gasteiger partial charge is 0.366 e. The highest BCUT2D eigenvalue weighted by Gasteiger charge is 2.35. The van der Waals surface area contributed by atoms with E-state index in [1.807, 2.05) is 0 Å². The van der Waals surface area contributed by atoms with E-state index < -0.39 is 6.04 Å². The Morgan fingerprint density at radius 1 is 1.30 bits per heavy atom. The van der Waals surface area contributed by atoms with Crippen LogP contribution in [0.4, 0.5) is 4.39 Å². The molecule has 2 heterocycles. The van der Waals surface area contributed by atoms with E-state index in [1.165, 1.54) is 17.0 Å². The first-order valence-electron chi connectivity index (χ1n) is 7.44. The zero-order chi connectivity index (χ0) is 16.6. The second kappa shape index (κ2) is 5.87. The molecule has 1 N–H and O–H groups in total. The summed E-state index contributed by atoms with van der Waals surface area (Å²) in [6, 6.07) is 5.54. The van der Waals surface area contributed by atoms with Crippen LogP contribution >= 0.6 is 0 Å². The fourth-order valence-corrected chi connectivity index (χ4v) is 2.90. The summed E-state index contributed by atoms with van der Waals surface area (Å²) in [7, 11) is 3.38. The fraction of sp³-hybridized carbons (Fsp3) is 0.294. The van der Waals surface area contributed by atoms with Crippen molar-refractivity contribution in [2.24, 2.45) is 0 Å². The van der Waals surface area contributed by atoms with E-state index in [0.29, 0.717) is 24.1 Å². The molecule has 1 aliphatic rings. The van der Waals surface area contributed by atoms with E-state index in [1.54, 1.807) is 43.5 Å². The van der Waals surface area contributed by atoms with Gasteiger partial charge in [0.1, 0.15) is 11.9 Å². The number of carbonyl (C=O) groups is 2. The number of likely N-dealkylation sites (tertiary alicyclic amines) is 1. The first-order valence-corrected chi connectivity index (χ1v) is 7.44. The third-order valence-electron chi connectivity index (χ3n) is 4.32. The van der Waals surface area contributed by atoms with Crippen LogP contribution in [0.5, 0.6) is 0 Å². The molecule has 2 aromatic rings. The molecule has 0 bridgehead atoms. The third kappa shape index (κ3) is 2.72. The molecule has 0 spiro atoms. The summed E-state index contributed by atoms with van der Waals surface area (Å²) in [4.78, 5) is 30.9. The highest BCUT2D eigenvalue weighted by atomic mass is 19.1. The number of nitrogens with one attached hydrogen (secondary N) is 1. The molecule has 5 nitrogen and oxygen atoms in total. The molecular weight excluding hydrogens is 297 g/mol. The number of halogens is 1. The first-order chi connectivity index (χ1) is 11.0. The van der Waals surface area contributed by atoms with Crippen molar-refractivity contribution in [1.29, 1.82) is 0 Å². The molecule has 1 aromatic heterocycles. The van der Waals surface area contributed by atoms with Crippen LogP contribution in [0, 0.1) is 5.82 Å². The van der Waals surface area contributed by atoms with Gasteiger partial charge in [-0.2, -0.15) is 0 Å². The molecule has 3 rings (SSSR count). The summed E-state index contributed by atoms with van der Waals surface area (Å²) in [6.45, 7) is 0.652. The van der Waals surface area contributed by atoms with Gasteiger partial charge < -0.3 is 14.8 Å². The van der Waals surface area contributed by atoms with Crippen molar-refractivity contribution >= 4 is 11.8 Å². The van der Waals surface area contributed by atoms with Crippen molar-refractivity contribution in [2.45, 2.75) is 12.5 Å². The predicted octanol–water partition coefficient (Wildman–Crippen LogP) is 2.12. The second-order valence-corrected chi connectivity index (χ2v) is 5.77. The maximum absolute atomic E-state index is 13.1. The minimum absolute atomic E-state index is 0.0419. The van der Waals surface area contributed by atoms with E-state index in [-0.39, 0.29) is 17.6 Å². The van der Waals surface area contributed by atoms with E-state index in [9.17, 15) is 14.0 Å². The molecule has 0 radical (unpaired) electrons. The lowest BCUT2D eigenvalue weighted by Gasteiger charge is -2.23. The number of hydrogen-bond acceptors (Lipinski definition) is 2. The molecule has 1 aromatic carbocycles. The van der Waals surface area contributed by atoms with Crippen LogP contribution in [-0.4, -0.2) is 53.3 Å². The number of likely N-dealkylation sites (N-methyl/N-ethyl adjacent to an activating group) is 2. The molecule has 6 heteroatoms. The van der Waals surface area contributed by atoms with Gasteiger partial charge in [-0.25, -0.2) is 4.39 Å². The van der Waals surface area contributed by atoms with E-state index in [0.717, 1.165) is 5.56 Å². The van der Waals surface area contributed by atoms with Crippen molar-refractivity contribution in [3.05, 3.63) is 48.0 Å². The molecular formula is C17H18FN3O2. The van der Waals surface area contributed by atoms with Gasteiger partial charge in [-0.05, 0) is 24.1 Å². The minimum atomic E-state index is -0.427. The van der Waals surface area contributed by atoms with Gasteiger partial charge in [0, 0.05) is 38.6 Å². The SMILES string of the molecule is CN1CC[C@H](N(C)C(=O)c2c[nH]cc2-c2ccc(F)cc2)C1=O. The lowest BCUT2D eigenvalue weighted by atomic mass is 10.0. The monoisotopic (exact) mass is 315 g/mol. The Morgan fingerprint density at radius 3 is 2.61 bits per heavy atom. The van der Waals surface area contributed by atoms with Crippen LogP contribution in [0.2, 0.25) is 0 Å². The molecule has 2 amide bonds. The van der Waals surface area contributed by atoms with Crippen LogP contribution < -0.4 is 0 Å². The standard InChI is InChI=1S/C17H18FN3O2/c1-20-8-7-15(17(20)23)21(2)16(22)14-10-19-9-13(14)11-3-5-12(18)6-4-11/h3-6,9-10,15,19H,7-8H2,1-2H3/t15-/m0/s1. The quantitative estimate of drug-likeness (QED) is 0.943. The second-order valence-electron chi connectivity index (χ2n) is 5.77. The van der Waals surface area contributed by atoms with Crippen LogP contribution in [0.3, 0.4) is 0 Å². The average molecular weight is 315 g/mol. The topological polar surface area (TPSA) is 56.4 Å². The summed E-state index contributed by atoms with van der Waals surface area (Å²) in [6.07, 6.45) is 3.95. The maximum Gasteiger partial charge on any atom is 0.256 e. The Bertz CT molecular complexity index is 739. The lowest BCUT2D eigenvalue weighted by Crippen LogP contribution is -2.42. The van der Waals surface area contributed by atoms with Gasteiger partial charge in [0.2, 0.25) is 5.91 Å². The van der Waals surface area contributed by atoms with Crippen LogP contribution in [0.15, 0.2) is 36.7 Å². The van der Waals surface area contributed by atoms with Gasteiger partial charge in [-0.15, -0.1) is 0 Å². The third-order valence-corrected chi connectivity index (χ3v) is 4.32. The first kappa shape index (κ1) is 15.3. The number of benzene rings is 1. The Morgan fingerprint density at radius 2 is 2.00 bits per heavy atom.